The first-order valence-corrected chi connectivity index (χ1v) is 11.0. The number of halogens is 1. The van der Waals surface area contributed by atoms with Gasteiger partial charge in [0.05, 0.1) is 30.4 Å². The Morgan fingerprint density at radius 2 is 2.06 bits per heavy atom. The molecule has 0 aliphatic carbocycles. The van der Waals surface area contributed by atoms with E-state index in [1.54, 1.807) is 30.5 Å². The summed E-state index contributed by atoms with van der Waals surface area (Å²) in [5.41, 5.74) is 2.42. The smallest absolute Gasteiger partial charge is 0.251 e. The number of ether oxygens (including phenoxy) is 2. The molecule has 4 rings (SSSR count). The Morgan fingerprint density at radius 3 is 2.82 bits per heavy atom. The lowest BCUT2D eigenvalue weighted by Gasteiger charge is -2.28. The average molecular weight is 454 g/mol. The van der Waals surface area contributed by atoms with Crippen molar-refractivity contribution in [2.24, 2.45) is 0 Å². The normalized spacial score (nSPS) is 14.8. The summed E-state index contributed by atoms with van der Waals surface area (Å²) < 4.78 is 25.1. The maximum Gasteiger partial charge on any atom is 0.251 e. The van der Waals surface area contributed by atoms with Gasteiger partial charge in [-0.1, -0.05) is 6.07 Å². The van der Waals surface area contributed by atoms with Gasteiger partial charge >= 0.3 is 0 Å². The van der Waals surface area contributed by atoms with E-state index in [0.717, 1.165) is 18.9 Å². The molecule has 1 fully saturated rings. The van der Waals surface area contributed by atoms with E-state index in [4.69, 9.17) is 14.5 Å². The topological polar surface area (TPSA) is 88.6 Å². The van der Waals surface area contributed by atoms with Gasteiger partial charge in [-0.3, -0.25) is 9.78 Å². The Hall–Kier alpha value is -3.30. The number of carbonyl (C=O) groups is 1. The number of rotatable bonds is 8. The third-order valence-electron chi connectivity index (χ3n) is 5.47. The Balaban J connectivity index is 1.72. The molecule has 0 unspecified atom stereocenters. The zero-order valence-electron chi connectivity index (χ0n) is 18.8. The van der Waals surface area contributed by atoms with Crippen molar-refractivity contribution in [2.45, 2.75) is 13.0 Å². The van der Waals surface area contributed by atoms with Crippen LogP contribution in [0.3, 0.4) is 0 Å². The quantitative estimate of drug-likeness (QED) is 0.507. The van der Waals surface area contributed by atoms with Gasteiger partial charge in [-0.25, -0.2) is 9.37 Å². The van der Waals surface area contributed by atoms with E-state index < -0.39 is 6.10 Å². The number of hydrogen-bond donors (Lipinski definition) is 2. The number of amides is 1. The summed E-state index contributed by atoms with van der Waals surface area (Å²) in [4.78, 5) is 24.4. The fourth-order valence-corrected chi connectivity index (χ4v) is 3.73. The van der Waals surface area contributed by atoms with Crippen LogP contribution in [0.15, 0.2) is 42.6 Å². The number of fused-ring (bicyclic) bond motifs is 1. The molecule has 1 atom stereocenters. The highest BCUT2D eigenvalue weighted by atomic mass is 19.1. The van der Waals surface area contributed by atoms with Crippen LogP contribution in [0.2, 0.25) is 0 Å². The predicted molar refractivity (Wildman–Crippen MR) is 124 cm³/mol. The molecule has 8 nitrogen and oxygen atoms in total. The molecule has 1 amide bonds. The number of nitrogens with zero attached hydrogens (tertiary/aromatic N) is 3. The standard InChI is InChI=1S/C24H28FN5O3/c1-16(33-19-5-3-4-18(25)14-19)20-12-17(24(31)27-7-6-26-2)13-21-23(20)29-22(15-28-21)30-8-10-32-11-9-30/h3-5,12-16,26H,6-11H2,1-2H3,(H,27,31)/t16-/m0/s1. The van der Waals surface area contributed by atoms with Crippen molar-refractivity contribution in [2.75, 3.05) is 51.3 Å². The van der Waals surface area contributed by atoms with Crippen LogP contribution in [0.5, 0.6) is 5.75 Å². The summed E-state index contributed by atoms with van der Waals surface area (Å²) in [6, 6.07) is 9.50. The highest BCUT2D eigenvalue weighted by molar-refractivity contribution is 5.98. The number of aromatic nitrogens is 2. The van der Waals surface area contributed by atoms with E-state index in [1.807, 2.05) is 14.0 Å². The first-order chi connectivity index (χ1) is 16.0. The van der Waals surface area contributed by atoms with Crippen molar-refractivity contribution < 1.29 is 18.7 Å². The minimum Gasteiger partial charge on any atom is -0.486 e. The summed E-state index contributed by atoms with van der Waals surface area (Å²) in [6.07, 6.45) is 1.23. The molecule has 0 bridgehead atoms. The maximum absolute atomic E-state index is 13.7. The van der Waals surface area contributed by atoms with Crippen LogP contribution >= 0.6 is 0 Å². The molecule has 0 radical (unpaired) electrons. The van der Waals surface area contributed by atoms with Crippen molar-refractivity contribution in [3.05, 3.63) is 59.5 Å². The molecule has 9 heteroatoms. The van der Waals surface area contributed by atoms with Crippen LogP contribution in [-0.4, -0.2) is 62.3 Å². The Bertz CT molecular complexity index is 1120. The number of anilines is 1. The van der Waals surface area contributed by atoms with Crippen molar-refractivity contribution in [1.29, 1.82) is 0 Å². The summed E-state index contributed by atoms with van der Waals surface area (Å²) in [5.74, 6) is 0.565. The summed E-state index contributed by atoms with van der Waals surface area (Å²) in [5, 5.41) is 5.89. The lowest BCUT2D eigenvalue weighted by Crippen LogP contribution is -2.36. The number of benzene rings is 2. The SMILES string of the molecule is CNCCNC(=O)c1cc([C@H](C)Oc2cccc(F)c2)c2nc(N3CCOCC3)cnc2c1. The molecule has 174 valence electrons. The molecular formula is C24H28FN5O3. The second-order valence-corrected chi connectivity index (χ2v) is 7.84. The van der Waals surface area contributed by atoms with E-state index in [1.165, 1.54) is 12.1 Å². The molecule has 0 saturated carbocycles. The Labute approximate surface area is 192 Å². The van der Waals surface area contributed by atoms with Gasteiger partial charge in [-0.05, 0) is 38.2 Å². The van der Waals surface area contributed by atoms with E-state index in [-0.39, 0.29) is 11.7 Å². The van der Waals surface area contributed by atoms with Crippen molar-refractivity contribution in [1.82, 2.24) is 20.6 Å². The van der Waals surface area contributed by atoms with Crippen molar-refractivity contribution in [3.63, 3.8) is 0 Å². The van der Waals surface area contributed by atoms with Gasteiger partial charge in [0.2, 0.25) is 0 Å². The predicted octanol–water partition coefficient (Wildman–Crippen LogP) is 2.69. The zero-order valence-corrected chi connectivity index (χ0v) is 18.8. The number of hydrogen-bond acceptors (Lipinski definition) is 7. The summed E-state index contributed by atoms with van der Waals surface area (Å²) in [7, 11) is 1.83. The Morgan fingerprint density at radius 1 is 1.24 bits per heavy atom. The first kappa shape index (κ1) is 22.9. The van der Waals surface area contributed by atoms with Gasteiger partial charge in [-0.2, -0.15) is 0 Å². The van der Waals surface area contributed by atoms with E-state index >= 15 is 0 Å². The molecule has 0 spiro atoms. The number of carbonyl (C=O) groups excluding carboxylic acids is 1. The minimum absolute atomic E-state index is 0.203. The number of likely N-dealkylation sites (N-methyl/N-ethyl adjacent to an activating group) is 1. The summed E-state index contributed by atoms with van der Waals surface area (Å²) >= 11 is 0. The van der Waals surface area contributed by atoms with Crippen LogP contribution in [-0.2, 0) is 4.74 Å². The van der Waals surface area contributed by atoms with Gasteiger partial charge in [0.15, 0.2) is 0 Å². The first-order valence-electron chi connectivity index (χ1n) is 11.0. The fourth-order valence-electron chi connectivity index (χ4n) is 3.73. The molecule has 2 heterocycles. The van der Waals surface area contributed by atoms with Crippen molar-refractivity contribution in [3.8, 4) is 5.75 Å². The average Bonchev–Trinajstić information content (AvgIpc) is 2.83. The molecule has 33 heavy (non-hydrogen) atoms. The molecular weight excluding hydrogens is 425 g/mol. The van der Waals surface area contributed by atoms with Gasteiger partial charge in [-0.15, -0.1) is 0 Å². The lowest BCUT2D eigenvalue weighted by atomic mass is 10.0. The lowest BCUT2D eigenvalue weighted by molar-refractivity contribution is 0.0954. The molecule has 1 aliphatic rings. The number of morpholine rings is 1. The van der Waals surface area contributed by atoms with Gasteiger partial charge in [0.25, 0.3) is 5.91 Å². The third-order valence-corrected chi connectivity index (χ3v) is 5.47. The monoisotopic (exact) mass is 453 g/mol. The number of nitrogens with one attached hydrogen (secondary N) is 2. The molecule has 1 aromatic heterocycles. The molecule has 2 aromatic carbocycles. The largest absolute Gasteiger partial charge is 0.486 e. The molecule has 3 aromatic rings. The van der Waals surface area contributed by atoms with Crippen LogP contribution < -0.4 is 20.3 Å². The zero-order chi connectivity index (χ0) is 23.2. The molecule has 1 saturated heterocycles. The van der Waals surface area contributed by atoms with Crippen LogP contribution in [0.1, 0.15) is 28.9 Å². The molecule has 2 N–H and O–H groups in total. The van der Waals surface area contributed by atoms with E-state index in [0.29, 0.717) is 54.2 Å². The third kappa shape index (κ3) is 5.55. The second kappa shape index (κ2) is 10.5. The Kier molecular flexibility index (Phi) is 7.31. The highest BCUT2D eigenvalue weighted by Gasteiger charge is 2.20. The van der Waals surface area contributed by atoms with Crippen LogP contribution in [0, 0.1) is 5.82 Å². The minimum atomic E-state index is -0.492. The van der Waals surface area contributed by atoms with E-state index in [2.05, 4.69) is 20.5 Å². The highest BCUT2D eigenvalue weighted by Crippen LogP contribution is 2.29. The van der Waals surface area contributed by atoms with Gasteiger partial charge in [0.1, 0.15) is 23.5 Å². The van der Waals surface area contributed by atoms with Gasteiger partial charge < -0.3 is 25.0 Å². The van der Waals surface area contributed by atoms with Crippen LogP contribution in [0.4, 0.5) is 10.2 Å². The fraction of sp³-hybridized carbons (Fsp3) is 0.375. The maximum atomic E-state index is 13.7. The van der Waals surface area contributed by atoms with Crippen molar-refractivity contribution >= 4 is 22.8 Å². The van der Waals surface area contributed by atoms with Crippen LogP contribution in [0.25, 0.3) is 11.0 Å². The second-order valence-electron chi connectivity index (χ2n) is 7.84. The van der Waals surface area contributed by atoms with E-state index in [9.17, 15) is 9.18 Å². The summed E-state index contributed by atoms with van der Waals surface area (Å²) in [6.45, 7) is 5.75. The molecule has 1 aliphatic heterocycles. The van der Waals surface area contributed by atoms with Gasteiger partial charge in [0, 0.05) is 43.4 Å².